The molecule has 1 saturated carbocycles. The van der Waals surface area contributed by atoms with Crippen LogP contribution in [0.2, 0.25) is 0 Å². The van der Waals surface area contributed by atoms with Crippen molar-refractivity contribution in [2.24, 2.45) is 22.2 Å². The van der Waals surface area contributed by atoms with Crippen molar-refractivity contribution in [3.8, 4) is 0 Å². The van der Waals surface area contributed by atoms with E-state index in [1.807, 2.05) is 13.3 Å². The molecular formula is C23H35N. The van der Waals surface area contributed by atoms with Crippen molar-refractivity contribution in [3.63, 3.8) is 0 Å². The summed E-state index contributed by atoms with van der Waals surface area (Å²) in [5, 5.41) is 0. The second-order valence-electron chi connectivity index (χ2n) is 7.56. The van der Waals surface area contributed by atoms with E-state index in [9.17, 15) is 0 Å². The Hall–Kier alpha value is -1.37. The zero-order valence-electron chi connectivity index (χ0n) is 16.3. The van der Waals surface area contributed by atoms with Gasteiger partial charge in [0.25, 0.3) is 0 Å². The minimum absolute atomic E-state index is 0.504. The first-order valence-electron chi connectivity index (χ1n) is 9.75. The van der Waals surface area contributed by atoms with E-state index >= 15 is 0 Å². The molecule has 132 valence electrons. The monoisotopic (exact) mass is 325 g/mol. The van der Waals surface area contributed by atoms with Crippen molar-refractivity contribution >= 4 is 6.21 Å². The molecule has 0 bridgehead atoms. The lowest BCUT2D eigenvalue weighted by molar-refractivity contribution is 0.117. The Kier molecular flexibility index (Phi) is 6.83. The van der Waals surface area contributed by atoms with E-state index in [2.05, 4.69) is 63.1 Å². The molecule has 0 saturated heterocycles. The summed E-state index contributed by atoms with van der Waals surface area (Å²) in [7, 11) is 1.84. The second kappa shape index (κ2) is 8.65. The van der Waals surface area contributed by atoms with Gasteiger partial charge < -0.3 is 0 Å². The normalized spacial score (nSPS) is 23.8. The largest absolute Gasteiger partial charge is 0.296 e. The molecular weight excluding hydrogens is 290 g/mol. The van der Waals surface area contributed by atoms with Crippen LogP contribution in [0.15, 0.2) is 52.1 Å². The summed E-state index contributed by atoms with van der Waals surface area (Å²) in [5.74, 6) is 1.45. The Morgan fingerprint density at radius 1 is 1.29 bits per heavy atom. The second-order valence-corrected chi connectivity index (χ2v) is 7.56. The molecule has 1 heteroatoms. The predicted molar refractivity (Wildman–Crippen MR) is 108 cm³/mol. The van der Waals surface area contributed by atoms with Gasteiger partial charge in [0.1, 0.15) is 0 Å². The van der Waals surface area contributed by atoms with Gasteiger partial charge >= 0.3 is 0 Å². The topological polar surface area (TPSA) is 12.4 Å². The van der Waals surface area contributed by atoms with E-state index in [1.165, 1.54) is 48.8 Å². The zero-order valence-corrected chi connectivity index (χ0v) is 16.3. The number of aliphatic imine (C=N–C) groups is 1. The Morgan fingerprint density at radius 2 is 2.00 bits per heavy atom. The highest BCUT2D eigenvalue weighted by atomic mass is 14.6. The van der Waals surface area contributed by atoms with Crippen molar-refractivity contribution in [1.82, 2.24) is 0 Å². The van der Waals surface area contributed by atoms with Crippen LogP contribution in [0.5, 0.6) is 0 Å². The summed E-state index contributed by atoms with van der Waals surface area (Å²) in [6.45, 7) is 9.40. The summed E-state index contributed by atoms with van der Waals surface area (Å²) in [5.41, 5.74) is 4.65. The third-order valence-corrected chi connectivity index (χ3v) is 6.58. The van der Waals surface area contributed by atoms with Crippen molar-refractivity contribution < 1.29 is 0 Å². The van der Waals surface area contributed by atoms with Crippen LogP contribution in [0.4, 0.5) is 0 Å². The van der Waals surface area contributed by atoms with E-state index in [1.54, 1.807) is 0 Å². The fraction of sp³-hybridized carbons (Fsp3) is 0.609. The standard InChI is InChI=1S/C23H35N/c1-6-18(3)23(15-8-9-16-23)19(4)21-11-10-12-22(14-13-21)20(7-2)17-24-5/h7,10-13,17-19H,6,8-9,14-16H2,1-5H3/b20-7+,24-17?. The molecule has 24 heavy (non-hydrogen) atoms. The number of hydrogen-bond acceptors (Lipinski definition) is 1. The van der Waals surface area contributed by atoms with Crippen LogP contribution in [0.25, 0.3) is 0 Å². The molecule has 2 rings (SSSR count). The highest BCUT2D eigenvalue weighted by Gasteiger charge is 2.43. The highest BCUT2D eigenvalue weighted by molar-refractivity contribution is 5.84. The van der Waals surface area contributed by atoms with E-state index in [0.29, 0.717) is 11.3 Å². The summed E-state index contributed by atoms with van der Waals surface area (Å²) in [6.07, 6.45) is 21.4. The molecule has 0 radical (unpaired) electrons. The highest BCUT2D eigenvalue weighted by Crippen LogP contribution is 2.53. The van der Waals surface area contributed by atoms with E-state index in [-0.39, 0.29) is 0 Å². The van der Waals surface area contributed by atoms with Crippen molar-refractivity contribution in [2.75, 3.05) is 7.05 Å². The minimum atomic E-state index is 0.504. The first-order chi connectivity index (χ1) is 11.6. The van der Waals surface area contributed by atoms with Crippen LogP contribution < -0.4 is 0 Å². The number of rotatable bonds is 6. The lowest BCUT2D eigenvalue weighted by Gasteiger charge is -2.41. The van der Waals surface area contributed by atoms with Gasteiger partial charge in [-0.15, -0.1) is 0 Å². The van der Waals surface area contributed by atoms with E-state index in [4.69, 9.17) is 0 Å². The molecule has 0 aromatic carbocycles. The molecule has 0 aromatic heterocycles. The van der Waals surface area contributed by atoms with Gasteiger partial charge in [-0.1, -0.05) is 70.4 Å². The van der Waals surface area contributed by atoms with E-state index < -0.39 is 0 Å². The lowest BCUT2D eigenvalue weighted by atomic mass is 9.63. The fourth-order valence-electron chi connectivity index (χ4n) is 4.78. The molecule has 0 spiro atoms. The van der Waals surface area contributed by atoms with Crippen molar-refractivity contribution in [3.05, 3.63) is 47.1 Å². The number of nitrogens with zero attached hydrogens (tertiary/aromatic N) is 1. The Balaban J connectivity index is 2.23. The third-order valence-electron chi connectivity index (χ3n) is 6.58. The van der Waals surface area contributed by atoms with Gasteiger partial charge in [0, 0.05) is 13.3 Å². The minimum Gasteiger partial charge on any atom is -0.296 e. The molecule has 0 N–H and O–H groups in total. The van der Waals surface area contributed by atoms with Gasteiger partial charge in [-0.05, 0) is 60.2 Å². The molecule has 0 amide bonds. The quantitative estimate of drug-likeness (QED) is 0.482. The average molecular weight is 326 g/mol. The number of hydrogen-bond donors (Lipinski definition) is 0. The van der Waals surface area contributed by atoms with Gasteiger partial charge in [-0.25, -0.2) is 0 Å². The van der Waals surface area contributed by atoms with Gasteiger partial charge in [-0.3, -0.25) is 4.99 Å². The molecule has 2 aliphatic carbocycles. The van der Waals surface area contributed by atoms with Crippen LogP contribution in [-0.4, -0.2) is 13.3 Å². The summed E-state index contributed by atoms with van der Waals surface area (Å²) in [4.78, 5) is 4.20. The molecule has 2 atom stereocenters. The molecule has 0 heterocycles. The molecule has 2 unspecified atom stereocenters. The third kappa shape index (κ3) is 3.82. The molecule has 0 aliphatic heterocycles. The number of allylic oxidation sites excluding steroid dienone is 8. The van der Waals surface area contributed by atoms with Crippen LogP contribution in [0.1, 0.15) is 66.2 Å². The molecule has 1 nitrogen and oxygen atoms in total. The average Bonchev–Trinajstić information content (AvgIpc) is 2.98. The summed E-state index contributed by atoms with van der Waals surface area (Å²) >= 11 is 0. The maximum absolute atomic E-state index is 4.20. The van der Waals surface area contributed by atoms with Gasteiger partial charge in [-0.2, -0.15) is 0 Å². The Labute approximate surface area is 149 Å². The van der Waals surface area contributed by atoms with Gasteiger partial charge in [0.2, 0.25) is 0 Å². The predicted octanol–water partition coefficient (Wildman–Crippen LogP) is 6.69. The summed E-state index contributed by atoms with van der Waals surface area (Å²) in [6, 6.07) is 0. The Bertz CT molecular complexity index is 565. The van der Waals surface area contributed by atoms with Gasteiger partial charge in [0.05, 0.1) is 0 Å². The van der Waals surface area contributed by atoms with Crippen LogP contribution in [0.3, 0.4) is 0 Å². The maximum Gasteiger partial charge on any atom is 0.0280 e. The van der Waals surface area contributed by atoms with Crippen molar-refractivity contribution in [1.29, 1.82) is 0 Å². The SMILES string of the molecule is C/C=C(\C=NC)C1=CC=CC(C(C)C2(C(C)CC)CCCC2)=CC1. The fourth-order valence-corrected chi connectivity index (χ4v) is 4.78. The van der Waals surface area contributed by atoms with Crippen LogP contribution in [0, 0.1) is 17.3 Å². The van der Waals surface area contributed by atoms with Crippen molar-refractivity contribution in [2.45, 2.75) is 66.2 Å². The Morgan fingerprint density at radius 3 is 2.58 bits per heavy atom. The smallest absolute Gasteiger partial charge is 0.0280 e. The van der Waals surface area contributed by atoms with Crippen LogP contribution in [-0.2, 0) is 0 Å². The molecule has 1 fully saturated rings. The lowest BCUT2D eigenvalue weighted by Crippen LogP contribution is -2.33. The molecule has 2 aliphatic rings. The first kappa shape index (κ1) is 19.0. The summed E-state index contributed by atoms with van der Waals surface area (Å²) < 4.78 is 0. The molecule has 0 aromatic rings. The van der Waals surface area contributed by atoms with Gasteiger partial charge in [0.15, 0.2) is 0 Å². The van der Waals surface area contributed by atoms with E-state index in [0.717, 1.165) is 12.3 Å². The first-order valence-corrected chi connectivity index (χ1v) is 9.75. The maximum atomic E-state index is 4.20. The zero-order chi connectivity index (χ0) is 17.6. The van der Waals surface area contributed by atoms with Crippen LogP contribution >= 0.6 is 0 Å².